The first kappa shape index (κ1) is 32.3. The molecule has 0 unspecified atom stereocenters. The molecule has 0 aromatic rings. The second-order valence-corrected chi connectivity index (χ2v) is 9.21. The van der Waals surface area contributed by atoms with Crippen LogP contribution in [0.2, 0.25) is 0 Å². The van der Waals surface area contributed by atoms with Crippen LogP contribution in [0.1, 0.15) is 54.9 Å². The Hall–Kier alpha value is -3.68. The molecule has 1 aliphatic rings. The minimum atomic E-state index is -1.37. The van der Waals surface area contributed by atoms with Crippen molar-refractivity contribution in [3.8, 4) is 0 Å². The van der Waals surface area contributed by atoms with Gasteiger partial charge < -0.3 is 33.2 Å². The first-order valence-corrected chi connectivity index (χ1v) is 11.6. The number of rotatable bonds is 9. The summed E-state index contributed by atoms with van der Waals surface area (Å²) in [5.74, 6) is -3.90. The number of nitrogens with one attached hydrogen (secondary N) is 1. The van der Waals surface area contributed by atoms with Crippen molar-refractivity contribution in [2.45, 2.75) is 91.0 Å². The molecule has 1 fully saturated rings. The van der Waals surface area contributed by atoms with E-state index in [9.17, 15) is 28.8 Å². The molecule has 0 aromatic heterocycles. The van der Waals surface area contributed by atoms with Crippen LogP contribution >= 0.6 is 0 Å². The third-order valence-corrected chi connectivity index (χ3v) is 4.68. The Morgan fingerprint density at radius 3 is 1.74 bits per heavy atom. The van der Waals surface area contributed by atoms with Crippen molar-refractivity contribution >= 4 is 35.9 Å². The molecule has 1 amide bonds. The largest absolute Gasteiger partial charge is 0.464 e. The van der Waals surface area contributed by atoms with Gasteiger partial charge in [0.15, 0.2) is 18.3 Å². The van der Waals surface area contributed by atoms with E-state index >= 15 is 0 Å². The van der Waals surface area contributed by atoms with Crippen LogP contribution in [0.3, 0.4) is 0 Å². The van der Waals surface area contributed by atoms with Crippen molar-refractivity contribution in [3.05, 3.63) is 11.8 Å². The van der Waals surface area contributed by atoms with E-state index in [1.54, 1.807) is 20.8 Å². The van der Waals surface area contributed by atoms with Crippen LogP contribution in [0, 0.1) is 0 Å². The van der Waals surface area contributed by atoms with E-state index in [0.717, 1.165) is 34.8 Å². The molecule has 1 N–H and O–H groups in total. The van der Waals surface area contributed by atoms with Crippen molar-refractivity contribution in [3.63, 3.8) is 0 Å². The lowest BCUT2D eigenvalue weighted by molar-refractivity contribution is -0.251. The van der Waals surface area contributed by atoms with Crippen molar-refractivity contribution in [2.24, 2.45) is 0 Å². The number of alkyl carbamates (subject to hydrolysis) is 1. The molecule has 5 atom stereocenters. The highest BCUT2D eigenvalue weighted by Gasteiger charge is 2.51. The van der Waals surface area contributed by atoms with Gasteiger partial charge in [0.1, 0.15) is 30.1 Å². The van der Waals surface area contributed by atoms with E-state index in [-0.39, 0.29) is 12.1 Å². The van der Waals surface area contributed by atoms with Gasteiger partial charge >= 0.3 is 35.9 Å². The first-order chi connectivity index (χ1) is 17.5. The number of hydrogen-bond acceptors (Lipinski definition) is 13. The molecule has 14 nitrogen and oxygen atoms in total. The lowest BCUT2D eigenvalue weighted by Gasteiger charge is -2.44. The first-order valence-electron chi connectivity index (χ1n) is 11.6. The molecule has 214 valence electrons. The highest BCUT2D eigenvalue weighted by Crippen LogP contribution is 2.31. The maximum Gasteiger partial charge on any atom is 0.412 e. The minimum Gasteiger partial charge on any atom is -0.464 e. The molecule has 0 aromatic carbocycles. The van der Waals surface area contributed by atoms with E-state index in [0.29, 0.717) is 0 Å². The fraction of sp³-hybridized carbons (Fsp3) is 0.667. The fourth-order valence-electron chi connectivity index (χ4n) is 3.45. The van der Waals surface area contributed by atoms with Gasteiger partial charge in [-0.25, -0.2) is 9.59 Å². The van der Waals surface area contributed by atoms with Crippen LogP contribution in [-0.2, 0) is 57.1 Å². The molecule has 38 heavy (non-hydrogen) atoms. The van der Waals surface area contributed by atoms with Crippen LogP contribution in [-0.4, -0.2) is 85.8 Å². The maximum absolute atomic E-state index is 12.3. The number of esters is 5. The number of carbonyl (C=O) groups excluding carboxylic acids is 6. The molecule has 0 radical (unpaired) electrons. The van der Waals surface area contributed by atoms with Crippen LogP contribution in [0.5, 0.6) is 0 Å². The van der Waals surface area contributed by atoms with Crippen molar-refractivity contribution in [1.82, 2.24) is 5.32 Å². The molecule has 1 heterocycles. The topological polar surface area (TPSA) is 179 Å². The molecule has 0 bridgehead atoms. The lowest BCUT2D eigenvalue weighted by atomic mass is 9.92. The molecular weight excluding hydrogens is 510 g/mol. The lowest BCUT2D eigenvalue weighted by Crippen LogP contribution is -2.62. The minimum absolute atomic E-state index is 0.209. The van der Waals surface area contributed by atoms with Crippen LogP contribution < -0.4 is 5.32 Å². The molecule has 0 saturated carbocycles. The molecule has 0 spiro atoms. The third-order valence-electron chi connectivity index (χ3n) is 4.68. The summed E-state index contributed by atoms with van der Waals surface area (Å²) in [4.78, 5) is 71.6. The Bertz CT molecular complexity index is 936. The van der Waals surface area contributed by atoms with E-state index in [1.807, 2.05) is 0 Å². The highest BCUT2D eigenvalue weighted by atomic mass is 16.7. The number of hydrogen-bond donors (Lipinski definition) is 1. The average molecular weight is 546 g/mol. The normalized spacial score (nSPS) is 23.4. The van der Waals surface area contributed by atoms with Crippen molar-refractivity contribution < 1.29 is 61.9 Å². The summed E-state index contributed by atoms with van der Waals surface area (Å²) in [5.41, 5.74) is -1.17. The second-order valence-electron chi connectivity index (χ2n) is 9.21. The SMILES string of the molecule is COC(=O)/C(=C\C[C@H]1O[C@H](COC(C)=O)[C@H](OC(C)=O)[C@H](OC(C)=O)[C@H]1OC(C)=O)NC(=O)OC(C)(C)C. The summed E-state index contributed by atoms with van der Waals surface area (Å²) in [6, 6.07) is 0. The van der Waals surface area contributed by atoms with Crippen LogP contribution in [0.4, 0.5) is 4.79 Å². The Morgan fingerprint density at radius 1 is 0.789 bits per heavy atom. The van der Waals surface area contributed by atoms with Gasteiger partial charge in [-0.3, -0.25) is 24.5 Å². The van der Waals surface area contributed by atoms with Crippen LogP contribution in [0.25, 0.3) is 0 Å². The molecule has 1 saturated heterocycles. The Morgan fingerprint density at radius 2 is 1.29 bits per heavy atom. The smallest absolute Gasteiger partial charge is 0.412 e. The molecule has 14 heteroatoms. The zero-order chi connectivity index (χ0) is 29.2. The summed E-state index contributed by atoms with van der Waals surface area (Å²) in [6.45, 7) is 8.95. The van der Waals surface area contributed by atoms with Gasteiger partial charge in [-0.1, -0.05) is 6.08 Å². The zero-order valence-corrected chi connectivity index (χ0v) is 22.7. The summed E-state index contributed by atoms with van der Waals surface area (Å²) < 4.78 is 36.9. The average Bonchev–Trinajstić information content (AvgIpc) is 2.75. The summed E-state index contributed by atoms with van der Waals surface area (Å²) in [7, 11) is 1.10. The van der Waals surface area contributed by atoms with Crippen molar-refractivity contribution in [2.75, 3.05) is 13.7 Å². The van der Waals surface area contributed by atoms with E-state index in [4.69, 9.17) is 33.2 Å². The molecule has 0 aliphatic carbocycles. The summed E-state index contributed by atoms with van der Waals surface area (Å²) >= 11 is 0. The zero-order valence-electron chi connectivity index (χ0n) is 22.7. The molecule has 1 aliphatic heterocycles. The van der Waals surface area contributed by atoms with Gasteiger partial charge in [0, 0.05) is 27.7 Å². The number of ether oxygens (including phenoxy) is 7. The van der Waals surface area contributed by atoms with E-state index in [1.165, 1.54) is 6.08 Å². The predicted octanol–water partition coefficient (Wildman–Crippen LogP) is 1.08. The maximum atomic E-state index is 12.3. The predicted molar refractivity (Wildman–Crippen MR) is 126 cm³/mol. The van der Waals surface area contributed by atoms with Gasteiger partial charge in [0.2, 0.25) is 0 Å². The summed E-state index contributed by atoms with van der Waals surface area (Å²) in [6.07, 6.45) is -6.21. The van der Waals surface area contributed by atoms with E-state index in [2.05, 4.69) is 5.32 Å². The monoisotopic (exact) mass is 545 g/mol. The van der Waals surface area contributed by atoms with Gasteiger partial charge in [0.05, 0.1) is 7.11 Å². The number of methoxy groups -OCH3 is 1. The standard InChI is InChI=1S/C24H35NO13/c1-12(26)33-11-18-20(35-14(3)28)21(36-15(4)29)19(34-13(2)27)17(37-18)10-9-16(22(30)32-8)25-23(31)38-24(5,6)7/h9,17-21H,10-11H2,1-8H3,(H,25,31)/b16-9+/t17-,18-,19+,20+,21-/m1/s1. The number of carbonyl (C=O) groups is 6. The van der Waals surface area contributed by atoms with Crippen molar-refractivity contribution in [1.29, 1.82) is 0 Å². The third kappa shape index (κ3) is 11.2. The Labute approximate surface area is 220 Å². The van der Waals surface area contributed by atoms with Gasteiger partial charge in [-0.05, 0) is 27.2 Å². The quantitative estimate of drug-likeness (QED) is 0.247. The van der Waals surface area contributed by atoms with E-state index < -0.39 is 78.7 Å². The molecular formula is C24H35NO13. The Balaban J connectivity index is 3.45. The van der Waals surface area contributed by atoms with Gasteiger partial charge in [0.25, 0.3) is 0 Å². The highest BCUT2D eigenvalue weighted by molar-refractivity contribution is 5.92. The number of amides is 1. The fourth-order valence-corrected chi connectivity index (χ4v) is 3.45. The molecule has 1 rings (SSSR count). The summed E-state index contributed by atoms with van der Waals surface area (Å²) in [5, 5.41) is 2.29. The van der Waals surface area contributed by atoms with Crippen LogP contribution in [0.15, 0.2) is 11.8 Å². The second kappa shape index (κ2) is 14.3. The van der Waals surface area contributed by atoms with Gasteiger partial charge in [-0.2, -0.15) is 0 Å². The van der Waals surface area contributed by atoms with Gasteiger partial charge in [-0.15, -0.1) is 0 Å². The Kier molecular flexibility index (Phi) is 12.2.